The van der Waals surface area contributed by atoms with Gasteiger partial charge in [0.1, 0.15) is 6.61 Å². The van der Waals surface area contributed by atoms with Crippen molar-refractivity contribution in [2.24, 2.45) is 0 Å². The van der Waals surface area contributed by atoms with Crippen molar-refractivity contribution in [2.45, 2.75) is 45.4 Å². The lowest BCUT2D eigenvalue weighted by Gasteiger charge is -2.35. The molecule has 0 saturated heterocycles. The van der Waals surface area contributed by atoms with E-state index in [1.165, 1.54) is 0 Å². The minimum atomic E-state index is -1.72. The summed E-state index contributed by atoms with van der Waals surface area (Å²) in [5.41, 5.74) is 3.40. The van der Waals surface area contributed by atoms with E-state index in [1.807, 2.05) is 18.2 Å². The van der Waals surface area contributed by atoms with Crippen molar-refractivity contribution < 1.29 is 19.1 Å². The van der Waals surface area contributed by atoms with Crippen molar-refractivity contribution in [3.63, 3.8) is 0 Å². The van der Waals surface area contributed by atoms with E-state index in [1.54, 1.807) is 47.9 Å². The monoisotopic (exact) mass is 480 g/mol. The number of fused-ring (bicyclic) bond motifs is 5. The lowest BCUT2D eigenvalue weighted by Crippen LogP contribution is -2.47. The molecular formula is C29H24N2O5. The number of carbonyl (C=O) groups is 2. The Hall–Kier alpha value is -4.26. The highest BCUT2D eigenvalue weighted by molar-refractivity contribution is 5.94. The third-order valence-electron chi connectivity index (χ3n) is 7.31. The molecule has 0 saturated carbocycles. The van der Waals surface area contributed by atoms with Crippen molar-refractivity contribution in [3.05, 3.63) is 98.8 Å². The summed E-state index contributed by atoms with van der Waals surface area (Å²) < 4.78 is 13.0. The van der Waals surface area contributed by atoms with Crippen molar-refractivity contribution in [2.75, 3.05) is 0 Å². The van der Waals surface area contributed by atoms with E-state index in [0.717, 1.165) is 34.1 Å². The van der Waals surface area contributed by atoms with E-state index in [4.69, 9.17) is 14.5 Å². The first-order chi connectivity index (χ1) is 17.5. The van der Waals surface area contributed by atoms with Gasteiger partial charge in [0.15, 0.2) is 0 Å². The summed E-state index contributed by atoms with van der Waals surface area (Å²) in [5.74, 6) is -1.33. The molecule has 2 aliphatic rings. The molecule has 0 aliphatic carbocycles. The number of cyclic esters (lactones) is 1. The summed E-state index contributed by atoms with van der Waals surface area (Å²) in [6, 6.07) is 18.2. The molecule has 4 heterocycles. The molecule has 0 spiro atoms. The van der Waals surface area contributed by atoms with Gasteiger partial charge in [-0.05, 0) is 42.7 Å². The van der Waals surface area contributed by atoms with Crippen LogP contribution in [0.4, 0.5) is 0 Å². The van der Waals surface area contributed by atoms with Gasteiger partial charge in [0.2, 0.25) is 5.60 Å². The number of rotatable bonds is 4. The molecule has 0 radical (unpaired) electrons. The molecule has 0 fully saturated rings. The number of para-hydroxylation sites is 1. The summed E-state index contributed by atoms with van der Waals surface area (Å²) in [6.07, 6.45) is 0.918. The largest absolute Gasteiger partial charge is 0.457 e. The van der Waals surface area contributed by atoms with Crippen LogP contribution in [0.5, 0.6) is 0 Å². The van der Waals surface area contributed by atoms with Gasteiger partial charge in [-0.2, -0.15) is 0 Å². The van der Waals surface area contributed by atoms with Crippen LogP contribution in [0.3, 0.4) is 0 Å². The van der Waals surface area contributed by atoms with Crippen LogP contribution in [0, 0.1) is 0 Å². The zero-order valence-corrected chi connectivity index (χ0v) is 20.0. The molecule has 4 aromatic rings. The number of aryl methyl sites for hydroxylation is 1. The van der Waals surface area contributed by atoms with E-state index in [9.17, 15) is 14.4 Å². The number of aromatic nitrogens is 2. The Labute approximate surface area is 207 Å². The average molecular weight is 481 g/mol. The van der Waals surface area contributed by atoms with Gasteiger partial charge in [-0.1, -0.05) is 50.2 Å². The van der Waals surface area contributed by atoms with E-state index < -0.39 is 17.5 Å². The molecule has 180 valence electrons. The van der Waals surface area contributed by atoms with Crippen molar-refractivity contribution in [1.29, 1.82) is 0 Å². The van der Waals surface area contributed by atoms with Crippen LogP contribution in [0.25, 0.3) is 22.3 Å². The molecule has 2 aromatic carbocycles. The first kappa shape index (κ1) is 22.2. The van der Waals surface area contributed by atoms with E-state index >= 15 is 0 Å². The maximum Gasteiger partial charge on any atom is 0.355 e. The van der Waals surface area contributed by atoms with Gasteiger partial charge in [-0.25, -0.2) is 14.6 Å². The number of ether oxygens (including phenoxy) is 2. The molecule has 6 rings (SSSR count). The van der Waals surface area contributed by atoms with Gasteiger partial charge >= 0.3 is 11.9 Å². The molecule has 0 bridgehead atoms. The fraction of sp³-hybridized carbons (Fsp3) is 0.241. The minimum absolute atomic E-state index is 0.124. The van der Waals surface area contributed by atoms with Crippen LogP contribution >= 0.6 is 0 Å². The molecule has 2 aliphatic heterocycles. The van der Waals surface area contributed by atoms with Crippen molar-refractivity contribution in [1.82, 2.24) is 9.55 Å². The molecule has 0 N–H and O–H groups in total. The molecule has 1 atom stereocenters. The predicted molar refractivity (Wildman–Crippen MR) is 134 cm³/mol. The Balaban J connectivity index is 1.57. The summed E-state index contributed by atoms with van der Waals surface area (Å²) in [5, 5.41) is 1.07. The standard InChI is InChI=1S/C29H24N2O5/c1-3-18-19-12-8-9-13-23(19)30-25-20(18)15-31-24(25)14-22-21(26(31)32)16-35-28(34)29(22,4-2)36-27(33)17-10-6-5-7-11-17/h5-14H,3-4,15-16H2,1-2H3/t29-/m0/s1. The first-order valence-corrected chi connectivity index (χ1v) is 12.1. The molecule has 7 heteroatoms. The van der Waals surface area contributed by atoms with E-state index in [0.29, 0.717) is 28.9 Å². The molecule has 2 aromatic heterocycles. The van der Waals surface area contributed by atoms with Crippen LogP contribution in [-0.2, 0) is 39.4 Å². The highest BCUT2D eigenvalue weighted by Gasteiger charge is 2.50. The molecular weight excluding hydrogens is 456 g/mol. The zero-order chi connectivity index (χ0) is 25.0. The molecule has 0 unspecified atom stereocenters. The van der Waals surface area contributed by atoms with Crippen LogP contribution < -0.4 is 5.56 Å². The molecule has 36 heavy (non-hydrogen) atoms. The predicted octanol–water partition coefficient (Wildman–Crippen LogP) is 4.51. The topological polar surface area (TPSA) is 87.5 Å². The van der Waals surface area contributed by atoms with Gasteiger partial charge < -0.3 is 14.0 Å². The molecule has 7 nitrogen and oxygen atoms in total. The van der Waals surface area contributed by atoms with Gasteiger partial charge in [-0.3, -0.25) is 4.79 Å². The van der Waals surface area contributed by atoms with Gasteiger partial charge in [-0.15, -0.1) is 0 Å². The Morgan fingerprint density at radius 2 is 1.81 bits per heavy atom. The Morgan fingerprint density at radius 3 is 2.56 bits per heavy atom. The number of carbonyl (C=O) groups excluding carboxylic acids is 2. The van der Waals surface area contributed by atoms with Crippen molar-refractivity contribution in [3.8, 4) is 11.4 Å². The fourth-order valence-corrected chi connectivity index (χ4v) is 5.47. The minimum Gasteiger partial charge on any atom is -0.457 e. The Bertz CT molecular complexity index is 1620. The number of hydrogen-bond acceptors (Lipinski definition) is 6. The SMILES string of the molecule is CCc1c2c(nc3ccccc13)-c1cc3c(c(=O)n1C2)COC(=O)[C@@]3(CC)OC(=O)c1ccccc1. The average Bonchev–Trinajstić information content (AvgIpc) is 3.28. The van der Waals surface area contributed by atoms with Crippen LogP contribution in [0.15, 0.2) is 65.5 Å². The van der Waals surface area contributed by atoms with Gasteiger partial charge in [0, 0.05) is 16.5 Å². The quantitative estimate of drug-likeness (QED) is 0.352. The van der Waals surface area contributed by atoms with Crippen LogP contribution in [-0.4, -0.2) is 21.5 Å². The second kappa shape index (κ2) is 8.16. The first-order valence-electron chi connectivity index (χ1n) is 12.1. The maximum absolute atomic E-state index is 13.7. The highest BCUT2D eigenvalue weighted by Crippen LogP contribution is 2.42. The third-order valence-corrected chi connectivity index (χ3v) is 7.31. The summed E-state index contributed by atoms with van der Waals surface area (Å²) >= 11 is 0. The maximum atomic E-state index is 13.7. The number of esters is 2. The smallest absolute Gasteiger partial charge is 0.355 e. The number of nitrogens with zero attached hydrogens (tertiary/aromatic N) is 2. The van der Waals surface area contributed by atoms with E-state index in [-0.39, 0.29) is 18.6 Å². The second-order valence-corrected chi connectivity index (χ2v) is 9.11. The second-order valence-electron chi connectivity index (χ2n) is 9.11. The summed E-state index contributed by atoms with van der Waals surface area (Å²) in [7, 11) is 0. The van der Waals surface area contributed by atoms with E-state index in [2.05, 4.69) is 13.0 Å². The van der Waals surface area contributed by atoms with Crippen LogP contribution in [0.1, 0.15) is 52.9 Å². The summed E-state index contributed by atoms with van der Waals surface area (Å²) in [4.78, 5) is 44.9. The number of hydrogen-bond donors (Lipinski definition) is 0. The Kier molecular flexibility index (Phi) is 5.03. The fourth-order valence-electron chi connectivity index (χ4n) is 5.47. The van der Waals surface area contributed by atoms with Gasteiger partial charge in [0.05, 0.1) is 34.6 Å². The molecule has 0 amide bonds. The van der Waals surface area contributed by atoms with Crippen LogP contribution in [0.2, 0.25) is 0 Å². The number of benzene rings is 2. The third kappa shape index (κ3) is 3.05. The summed E-state index contributed by atoms with van der Waals surface area (Å²) in [6.45, 7) is 4.07. The number of pyridine rings is 2. The Morgan fingerprint density at radius 1 is 1.06 bits per heavy atom. The lowest BCUT2D eigenvalue weighted by atomic mass is 9.85. The highest BCUT2D eigenvalue weighted by atomic mass is 16.6. The van der Waals surface area contributed by atoms with Gasteiger partial charge in [0.25, 0.3) is 5.56 Å². The zero-order valence-electron chi connectivity index (χ0n) is 20.0. The normalized spacial score (nSPS) is 17.8. The van der Waals surface area contributed by atoms with Crippen molar-refractivity contribution >= 4 is 22.8 Å². The lowest BCUT2D eigenvalue weighted by molar-refractivity contribution is -0.173.